The summed E-state index contributed by atoms with van der Waals surface area (Å²) in [6.07, 6.45) is 0.0260. The van der Waals surface area contributed by atoms with E-state index < -0.39 is 6.10 Å². The summed E-state index contributed by atoms with van der Waals surface area (Å²) in [6, 6.07) is 14.9. The van der Waals surface area contributed by atoms with Crippen LogP contribution in [-0.2, 0) is 6.42 Å². The van der Waals surface area contributed by atoms with Crippen LogP contribution in [0.2, 0.25) is 0 Å². The van der Waals surface area contributed by atoms with Gasteiger partial charge in [0.15, 0.2) is 5.96 Å². The van der Waals surface area contributed by atoms with Crippen molar-refractivity contribution in [1.29, 1.82) is 0 Å². The van der Waals surface area contributed by atoms with Crippen LogP contribution >= 0.6 is 0 Å². The van der Waals surface area contributed by atoms with Gasteiger partial charge in [0.05, 0.1) is 19.8 Å². The molecule has 0 aromatic heterocycles. The average molecular weight is 399 g/mol. The molecule has 4 N–H and O–H groups in total. The number of amides is 1. The summed E-state index contributed by atoms with van der Waals surface area (Å²) in [4.78, 5) is 16.2. The second kappa shape index (κ2) is 11.7. The lowest BCUT2D eigenvalue weighted by molar-refractivity contribution is 0.0963. The topological polar surface area (TPSA) is 95.0 Å². The van der Waals surface area contributed by atoms with E-state index in [1.807, 2.05) is 43.3 Å². The van der Waals surface area contributed by atoms with Crippen molar-refractivity contribution in [3.63, 3.8) is 0 Å². The van der Waals surface area contributed by atoms with Gasteiger partial charge in [0, 0.05) is 25.7 Å². The standard InChI is InChI=1S/C22H30N4O3/c1-4-24-22(26-15-20(27)17-8-6-10-19(14-17)29-3)25-12-11-16-7-5-9-18(13-16)21(28)23-2/h5-10,13-14,20,27H,4,11-12,15H2,1-3H3,(H,23,28)(H2,24,25,26). The SMILES string of the molecule is CCNC(=NCC(O)c1cccc(OC)c1)NCCc1cccc(C(=O)NC)c1. The minimum Gasteiger partial charge on any atom is -0.497 e. The summed E-state index contributed by atoms with van der Waals surface area (Å²) < 4.78 is 5.20. The number of nitrogens with one attached hydrogen (secondary N) is 3. The molecule has 0 saturated heterocycles. The third-order valence-corrected chi connectivity index (χ3v) is 4.37. The van der Waals surface area contributed by atoms with E-state index in [1.165, 1.54) is 0 Å². The number of aliphatic hydroxyl groups excluding tert-OH is 1. The number of rotatable bonds is 9. The predicted octanol–water partition coefficient (Wildman–Crippen LogP) is 1.89. The Hall–Kier alpha value is -3.06. The number of methoxy groups -OCH3 is 1. The Morgan fingerprint density at radius 2 is 1.97 bits per heavy atom. The van der Waals surface area contributed by atoms with Crippen molar-refractivity contribution in [1.82, 2.24) is 16.0 Å². The molecule has 2 rings (SSSR count). The van der Waals surface area contributed by atoms with E-state index >= 15 is 0 Å². The van der Waals surface area contributed by atoms with Gasteiger partial charge in [-0.3, -0.25) is 9.79 Å². The second-order valence-electron chi connectivity index (χ2n) is 6.47. The van der Waals surface area contributed by atoms with Crippen molar-refractivity contribution in [2.24, 2.45) is 4.99 Å². The number of aliphatic hydroxyl groups is 1. The highest BCUT2D eigenvalue weighted by Crippen LogP contribution is 2.19. The normalized spacial score (nSPS) is 12.2. The van der Waals surface area contributed by atoms with Gasteiger partial charge in [-0.05, 0) is 48.7 Å². The minimum atomic E-state index is -0.718. The number of hydrogen-bond donors (Lipinski definition) is 4. The van der Waals surface area contributed by atoms with Crippen molar-refractivity contribution in [3.05, 3.63) is 65.2 Å². The summed E-state index contributed by atoms with van der Waals surface area (Å²) in [6.45, 7) is 3.59. The number of carbonyl (C=O) groups is 1. The summed E-state index contributed by atoms with van der Waals surface area (Å²) >= 11 is 0. The molecule has 0 fully saturated rings. The van der Waals surface area contributed by atoms with Crippen molar-refractivity contribution < 1.29 is 14.6 Å². The molecule has 7 heteroatoms. The first kappa shape index (κ1) is 22.2. The largest absolute Gasteiger partial charge is 0.497 e. The van der Waals surface area contributed by atoms with E-state index in [-0.39, 0.29) is 12.5 Å². The fourth-order valence-corrected chi connectivity index (χ4v) is 2.81. The highest BCUT2D eigenvalue weighted by atomic mass is 16.5. The third-order valence-electron chi connectivity index (χ3n) is 4.37. The van der Waals surface area contributed by atoms with Gasteiger partial charge < -0.3 is 25.8 Å². The Bertz CT molecular complexity index is 823. The number of hydrogen-bond acceptors (Lipinski definition) is 4. The van der Waals surface area contributed by atoms with Gasteiger partial charge in [-0.15, -0.1) is 0 Å². The molecule has 156 valence electrons. The summed E-state index contributed by atoms with van der Waals surface area (Å²) in [5.41, 5.74) is 2.47. The van der Waals surface area contributed by atoms with Gasteiger partial charge in [-0.2, -0.15) is 0 Å². The molecule has 1 atom stereocenters. The molecular formula is C22H30N4O3. The van der Waals surface area contributed by atoms with Gasteiger partial charge in [-0.25, -0.2) is 0 Å². The number of guanidine groups is 1. The molecule has 0 bridgehead atoms. The molecule has 0 aliphatic heterocycles. The minimum absolute atomic E-state index is 0.0961. The Morgan fingerprint density at radius 3 is 2.69 bits per heavy atom. The number of nitrogens with zero attached hydrogens (tertiary/aromatic N) is 1. The first-order chi connectivity index (χ1) is 14.1. The summed E-state index contributed by atoms with van der Waals surface area (Å²) in [5.74, 6) is 1.24. The molecule has 29 heavy (non-hydrogen) atoms. The Morgan fingerprint density at radius 1 is 1.17 bits per heavy atom. The molecular weight excluding hydrogens is 368 g/mol. The number of benzene rings is 2. The summed E-state index contributed by atoms with van der Waals surface area (Å²) in [7, 11) is 3.22. The van der Waals surface area contributed by atoms with Gasteiger partial charge >= 0.3 is 0 Å². The molecule has 2 aromatic rings. The lowest BCUT2D eigenvalue weighted by atomic mass is 10.1. The van der Waals surface area contributed by atoms with Crippen molar-refractivity contribution in [3.8, 4) is 5.75 Å². The van der Waals surface area contributed by atoms with Crippen LogP contribution in [0.5, 0.6) is 5.75 Å². The highest BCUT2D eigenvalue weighted by Gasteiger charge is 2.09. The van der Waals surface area contributed by atoms with Gasteiger partial charge in [0.25, 0.3) is 5.91 Å². The lowest BCUT2D eigenvalue weighted by Crippen LogP contribution is -2.38. The van der Waals surface area contributed by atoms with Gasteiger partial charge in [0.1, 0.15) is 5.75 Å². The fraction of sp³-hybridized carbons (Fsp3) is 0.364. The van der Waals surface area contributed by atoms with Crippen molar-refractivity contribution in [2.75, 3.05) is 33.8 Å². The van der Waals surface area contributed by atoms with E-state index in [0.717, 1.165) is 17.5 Å². The molecule has 0 aliphatic carbocycles. The van der Waals surface area contributed by atoms with Crippen LogP contribution in [0.15, 0.2) is 53.5 Å². The smallest absolute Gasteiger partial charge is 0.251 e. The average Bonchev–Trinajstić information content (AvgIpc) is 2.76. The van der Waals surface area contributed by atoms with Gasteiger partial charge in [-0.1, -0.05) is 24.3 Å². The molecule has 0 saturated carbocycles. The summed E-state index contributed by atoms with van der Waals surface area (Å²) in [5, 5.41) is 19.5. The maximum absolute atomic E-state index is 11.8. The molecule has 7 nitrogen and oxygen atoms in total. The highest BCUT2D eigenvalue weighted by molar-refractivity contribution is 5.94. The Kier molecular flexibility index (Phi) is 8.98. The molecule has 1 amide bonds. The Labute approximate surface area is 172 Å². The first-order valence-corrected chi connectivity index (χ1v) is 9.72. The zero-order valence-corrected chi connectivity index (χ0v) is 17.2. The Balaban J connectivity index is 1.92. The van der Waals surface area contributed by atoms with Crippen LogP contribution in [0, 0.1) is 0 Å². The van der Waals surface area contributed by atoms with E-state index in [2.05, 4.69) is 20.9 Å². The van der Waals surface area contributed by atoms with Crippen LogP contribution in [-0.4, -0.2) is 50.8 Å². The number of ether oxygens (including phenoxy) is 1. The van der Waals surface area contributed by atoms with Gasteiger partial charge in [0.2, 0.25) is 0 Å². The quantitative estimate of drug-likeness (QED) is 0.382. The lowest BCUT2D eigenvalue weighted by Gasteiger charge is -2.14. The van der Waals surface area contributed by atoms with Crippen LogP contribution < -0.4 is 20.7 Å². The van der Waals surface area contributed by atoms with E-state index in [9.17, 15) is 9.90 Å². The van der Waals surface area contributed by atoms with E-state index in [1.54, 1.807) is 26.3 Å². The molecule has 0 aliphatic rings. The molecule has 1 unspecified atom stereocenters. The van der Waals surface area contributed by atoms with Crippen molar-refractivity contribution >= 4 is 11.9 Å². The molecule has 0 heterocycles. The van der Waals surface area contributed by atoms with Crippen LogP contribution in [0.3, 0.4) is 0 Å². The third kappa shape index (κ3) is 7.12. The zero-order chi connectivity index (χ0) is 21.1. The van der Waals surface area contributed by atoms with Crippen LogP contribution in [0.25, 0.3) is 0 Å². The van der Waals surface area contributed by atoms with E-state index in [0.29, 0.717) is 30.4 Å². The second-order valence-corrected chi connectivity index (χ2v) is 6.47. The molecule has 0 radical (unpaired) electrons. The van der Waals surface area contributed by atoms with Crippen molar-refractivity contribution in [2.45, 2.75) is 19.4 Å². The number of aliphatic imine (C=N–C) groups is 1. The maximum atomic E-state index is 11.8. The predicted molar refractivity (Wildman–Crippen MR) is 115 cm³/mol. The maximum Gasteiger partial charge on any atom is 0.251 e. The molecule has 0 spiro atoms. The first-order valence-electron chi connectivity index (χ1n) is 9.72. The van der Waals surface area contributed by atoms with Crippen LogP contribution in [0.1, 0.15) is 34.5 Å². The van der Waals surface area contributed by atoms with E-state index in [4.69, 9.17) is 4.74 Å². The molecule has 2 aromatic carbocycles. The zero-order valence-electron chi connectivity index (χ0n) is 17.2. The monoisotopic (exact) mass is 398 g/mol. The van der Waals surface area contributed by atoms with Crippen LogP contribution in [0.4, 0.5) is 0 Å². The number of carbonyl (C=O) groups excluding carboxylic acids is 1. The fourth-order valence-electron chi connectivity index (χ4n) is 2.81.